The van der Waals surface area contributed by atoms with Crippen LogP contribution in [0.15, 0.2) is 0 Å². The van der Waals surface area contributed by atoms with Crippen LogP contribution in [0, 0.1) is 0 Å². The van der Waals surface area contributed by atoms with Crippen molar-refractivity contribution in [2.45, 2.75) is 58.5 Å². The molecule has 0 spiro atoms. The summed E-state index contributed by atoms with van der Waals surface area (Å²) in [5, 5.41) is 6.95. The number of carbonyl (C=O) groups excluding carboxylic acids is 1. The van der Waals surface area contributed by atoms with Crippen LogP contribution in [0.5, 0.6) is 0 Å². The van der Waals surface area contributed by atoms with Gasteiger partial charge in [0.2, 0.25) is 5.82 Å². The second-order valence-corrected chi connectivity index (χ2v) is 6.64. The largest absolute Gasteiger partial charge is 0.376 e. The van der Waals surface area contributed by atoms with Gasteiger partial charge in [0.05, 0.1) is 6.10 Å². The normalized spacial score (nSPS) is 19.8. The Morgan fingerprint density at radius 2 is 2.24 bits per heavy atom. The Bertz CT molecular complexity index is 478. The van der Waals surface area contributed by atoms with E-state index in [4.69, 9.17) is 4.74 Å². The molecule has 0 aliphatic carbocycles. The zero-order chi connectivity index (χ0) is 15.5. The SMILES string of the molecule is CCCOC1CCCN(C(=O)c2n[nH]c(C(C)(C)C)n2)C1. The van der Waals surface area contributed by atoms with Gasteiger partial charge in [0.1, 0.15) is 5.82 Å². The maximum Gasteiger partial charge on any atom is 0.293 e. The fraction of sp³-hybridized carbons (Fsp3) is 0.800. The Morgan fingerprint density at radius 1 is 1.48 bits per heavy atom. The second kappa shape index (κ2) is 6.56. The number of aromatic amines is 1. The molecule has 1 N–H and O–H groups in total. The van der Waals surface area contributed by atoms with Gasteiger partial charge >= 0.3 is 0 Å². The lowest BCUT2D eigenvalue weighted by Crippen LogP contribution is -2.43. The van der Waals surface area contributed by atoms with Crippen LogP contribution in [-0.4, -0.2) is 51.8 Å². The zero-order valence-electron chi connectivity index (χ0n) is 13.5. The molecule has 1 aromatic heterocycles. The third-order valence-corrected chi connectivity index (χ3v) is 3.61. The van der Waals surface area contributed by atoms with E-state index >= 15 is 0 Å². The number of hydrogen-bond acceptors (Lipinski definition) is 4. The number of aromatic nitrogens is 3. The van der Waals surface area contributed by atoms with Crippen LogP contribution in [0.3, 0.4) is 0 Å². The van der Waals surface area contributed by atoms with Crippen LogP contribution in [0.2, 0.25) is 0 Å². The molecule has 2 rings (SSSR count). The average Bonchev–Trinajstić information content (AvgIpc) is 2.94. The number of nitrogens with zero attached hydrogens (tertiary/aromatic N) is 3. The Kier molecular flexibility index (Phi) is 4.98. The summed E-state index contributed by atoms with van der Waals surface area (Å²) in [5.41, 5.74) is -0.139. The van der Waals surface area contributed by atoms with Crippen LogP contribution in [0.4, 0.5) is 0 Å². The molecule has 1 fully saturated rings. The fourth-order valence-electron chi connectivity index (χ4n) is 2.38. The molecule has 118 valence electrons. The molecule has 6 nitrogen and oxygen atoms in total. The predicted octanol–water partition coefficient (Wildman–Crippen LogP) is 2.13. The summed E-state index contributed by atoms with van der Waals surface area (Å²) in [5.74, 6) is 0.893. The molecule has 1 aromatic rings. The number of piperidine rings is 1. The van der Waals surface area contributed by atoms with Gasteiger partial charge < -0.3 is 9.64 Å². The molecule has 1 aliphatic heterocycles. The highest BCUT2D eigenvalue weighted by molar-refractivity contribution is 5.90. The van der Waals surface area contributed by atoms with Crippen molar-refractivity contribution in [3.8, 4) is 0 Å². The van der Waals surface area contributed by atoms with E-state index in [1.807, 2.05) is 20.8 Å². The molecule has 1 unspecified atom stereocenters. The molecule has 1 amide bonds. The van der Waals surface area contributed by atoms with Crippen LogP contribution in [-0.2, 0) is 10.2 Å². The maximum atomic E-state index is 12.5. The van der Waals surface area contributed by atoms with E-state index in [1.54, 1.807) is 4.90 Å². The summed E-state index contributed by atoms with van der Waals surface area (Å²) < 4.78 is 5.77. The van der Waals surface area contributed by atoms with Crippen molar-refractivity contribution in [2.75, 3.05) is 19.7 Å². The lowest BCUT2D eigenvalue weighted by Gasteiger charge is -2.31. The first-order valence-corrected chi connectivity index (χ1v) is 7.75. The van der Waals surface area contributed by atoms with Crippen molar-refractivity contribution in [3.05, 3.63) is 11.6 Å². The number of amides is 1. The van der Waals surface area contributed by atoms with E-state index < -0.39 is 0 Å². The number of likely N-dealkylation sites (tertiary alicyclic amines) is 1. The van der Waals surface area contributed by atoms with Crippen molar-refractivity contribution in [1.82, 2.24) is 20.1 Å². The molecule has 1 saturated heterocycles. The van der Waals surface area contributed by atoms with E-state index in [1.165, 1.54) is 0 Å². The summed E-state index contributed by atoms with van der Waals surface area (Å²) in [7, 11) is 0. The van der Waals surface area contributed by atoms with E-state index in [-0.39, 0.29) is 23.3 Å². The van der Waals surface area contributed by atoms with Gasteiger partial charge in [0, 0.05) is 25.1 Å². The van der Waals surface area contributed by atoms with Gasteiger partial charge in [-0.15, -0.1) is 5.10 Å². The first-order chi connectivity index (χ1) is 9.91. The molecule has 1 atom stereocenters. The van der Waals surface area contributed by atoms with Crippen LogP contribution < -0.4 is 0 Å². The summed E-state index contributed by atoms with van der Waals surface area (Å²) in [6, 6.07) is 0. The number of rotatable bonds is 4. The first-order valence-electron chi connectivity index (χ1n) is 7.75. The highest BCUT2D eigenvalue weighted by Gasteiger charge is 2.28. The molecule has 6 heteroatoms. The predicted molar refractivity (Wildman–Crippen MR) is 80.3 cm³/mol. The molecular weight excluding hydrogens is 268 g/mol. The quantitative estimate of drug-likeness (QED) is 0.923. The van der Waals surface area contributed by atoms with Crippen molar-refractivity contribution in [3.63, 3.8) is 0 Å². The van der Waals surface area contributed by atoms with Gasteiger partial charge in [-0.1, -0.05) is 27.7 Å². The van der Waals surface area contributed by atoms with Crippen LogP contribution in [0.25, 0.3) is 0 Å². The topological polar surface area (TPSA) is 71.1 Å². The zero-order valence-corrected chi connectivity index (χ0v) is 13.5. The third-order valence-electron chi connectivity index (χ3n) is 3.61. The number of H-pyrrole nitrogens is 1. The van der Waals surface area contributed by atoms with Crippen LogP contribution >= 0.6 is 0 Å². The molecule has 21 heavy (non-hydrogen) atoms. The molecular formula is C15H26N4O2. The van der Waals surface area contributed by atoms with E-state index in [0.29, 0.717) is 6.54 Å². The Balaban J connectivity index is 2.00. The van der Waals surface area contributed by atoms with Gasteiger partial charge in [-0.05, 0) is 19.3 Å². The van der Waals surface area contributed by atoms with Crippen molar-refractivity contribution < 1.29 is 9.53 Å². The molecule has 0 radical (unpaired) electrons. The number of carbonyl (C=O) groups is 1. The van der Waals surface area contributed by atoms with E-state index in [2.05, 4.69) is 22.1 Å². The van der Waals surface area contributed by atoms with Crippen LogP contribution in [0.1, 0.15) is 63.4 Å². The standard InChI is InChI=1S/C15H26N4O2/c1-5-9-21-11-7-6-8-19(10-11)13(20)12-16-14(18-17-12)15(2,3)4/h11H,5-10H2,1-4H3,(H,16,17,18). The molecule has 1 aliphatic rings. The molecule has 0 aromatic carbocycles. The maximum absolute atomic E-state index is 12.5. The first kappa shape index (κ1) is 15.9. The second-order valence-electron chi connectivity index (χ2n) is 6.64. The Hall–Kier alpha value is -1.43. The fourth-order valence-corrected chi connectivity index (χ4v) is 2.38. The Labute approximate surface area is 126 Å². The highest BCUT2D eigenvalue weighted by Crippen LogP contribution is 2.19. The number of ether oxygens (including phenoxy) is 1. The van der Waals surface area contributed by atoms with E-state index in [0.717, 1.165) is 38.2 Å². The number of nitrogens with one attached hydrogen (secondary N) is 1. The Morgan fingerprint density at radius 3 is 2.86 bits per heavy atom. The van der Waals surface area contributed by atoms with Gasteiger partial charge in [-0.25, -0.2) is 4.98 Å². The molecule has 0 bridgehead atoms. The average molecular weight is 294 g/mol. The molecule has 0 saturated carbocycles. The summed E-state index contributed by atoms with van der Waals surface area (Å²) >= 11 is 0. The third kappa shape index (κ3) is 4.03. The van der Waals surface area contributed by atoms with Gasteiger partial charge in [-0.2, -0.15) is 0 Å². The van der Waals surface area contributed by atoms with Crippen molar-refractivity contribution in [2.24, 2.45) is 0 Å². The summed E-state index contributed by atoms with van der Waals surface area (Å²) in [6.07, 6.45) is 3.13. The minimum atomic E-state index is -0.139. The minimum absolute atomic E-state index is 0.105. The lowest BCUT2D eigenvalue weighted by molar-refractivity contribution is 0.00173. The summed E-state index contributed by atoms with van der Waals surface area (Å²) in [4.78, 5) is 18.6. The van der Waals surface area contributed by atoms with Crippen molar-refractivity contribution in [1.29, 1.82) is 0 Å². The van der Waals surface area contributed by atoms with Gasteiger partial charge in [0.25, 0.3) is 5.91 Å². The smallest absolute Gasteiger partial charge is 0.293 e. The monoisotopic (exact) mass is 294 g/mol. The minimum Gasteiger partial charge on any atom is -0.376 e. The highest BCUT2D eigenvalue weighted by atomic mass is 16.5. The van der Waals surface area contributed by atoms with Crippen molar-refractivity contribution >= 4 is 5.91 Å². The van der Waals surface area contributed by atoms with E-state index in [9.17, 15) is 4.79 Å². The van der Waals surface area contributed by atoms with Gasteiger partial charge in [-0.3, -0.25) is 9.89 Å². The summed E-state index contributed by atoms with van der Waals surface area (Å²) in [6.45, 7) is 10.4. The molecule has 2 heterocycles. The van der Waals surface area contributed by atoms with Gasteiger partial charge in [0.15, 0.2) is 0 Å². The lowest BCUT2D eigenvalue weighted by atomic mass is 9.96. The number of hydrogen-bond donors (Lipinski definition) is 1.